The Hall–Kier alpha value is -3.31. The summed E-state index contributed by atoms with van der Waals surface area (Å²) in [5, 5.41) is 5.66. The van der Waals surface area contributed by atoms with E-state index in [1.54, 1.807) is 17.5 Å². The zero-order chi connectivity index (χ0) is 21.6. The number of nitrogens with zero attached hydrogens (tertiary/aromatic N) is 3. The largest absolute Gasteiger partial charge is 0.294 e. The highest BCUT2D eigenvalue weighted by atomic mass is 32.1. The first kappa shape index (κ1) is 19.6. The molecule has 0 fully saturated rings. The molecule has 0 aliphatic rings. The highest BCUT2D eigenvalue weighted by Crippen LogP contribution is 2.33. The smallest absolute Gasteiger partial charge is 0.168 e. The first-order valence-electron chi connectivity index (χ1n) is 10.3. The molecule has 0 saturated carbocycles. The van der Waals surface area contributed by atoms with Crippen LogP contribution in [0.4, 0.5) is 0 Å². The number of hydrogen-bond acceptors (Lipinski definition) is 4. The minimum absolute atomic E-state index is 0.0648. The van der Waals surface area contributed by atoms with Crippen molar-refractivity contribution in [3.8, 4) is 10.6 Å². The van der Waals surface area contributed by atoms with Gasteiger partial charge in [-0.05, 0) is 34.6 Å². The number of hydrogen-bond donors (Lipinski definition) is 0. The average molecular weight is 426 g/mol. The van der Waals surface area contributed by atoms with Crippen molar-refractivity contribution in [1.29, 1.82) is 0 Å². The van der Waals surface area contributed by atoms with Crippen molar-refractivity contribution in [2.75, 3.05) is 0 Å². The van der Waals surface area contributed by atoms with E-state index < -0.39 is 0 Å². The van der Waals surface area contributed by atoms with Gasteiger partial charge in [-0.25, -0.2) is 9.50 Å². The minimum atomic E-state index is 0.0648. The molecule has 4 nitrogen and oxygen atoms in total. The number of benzene rings is 2. The fraction of sp³-hybridized carbons (Fsp3) is 0.192. The molecule has 0 aliphatic carbocycles. The standard InChI is InChI=1S/C26H23N3OS/c1-26(2,3)19-10-8-17(9-11-19)22(30)16-20-15-21(29-25(28-20)12-13-27-29)24-14-18-6-4-5-7-23(18)31-24/h4-15H,16H2,1-3H3. The third kappa shape index (κ3) is 3.77. The molecule has 0 spiro atoms. The number of thiophene rings is 1. The minimum Gasteiger partial charge on any atom is -0.294 e. The van der Waals surface area contributed by atoms with Crippen molar-refractivity contribution in [1.82, 2.24) is 14.6 Å². The summed E-state index contributed by atoms with van der Waals surface area (Å²) in [5.74, 6) is 0.0686. The first-order chi connectivity index (χ1) is 14.9. The van der Waals surface area contributed by atoms with Crippen LogP contribution < -0.4 is 0 Å². The van der Waals surface area contributed by atoms with Gasteiger partial charge in [0.15, 0.2) is 11.4 Å². The quantitative estimate of drug-likeness (QED) is 0.316. The van der Waals surface area contributed by atoms with Crippen LogP contribution in [0.1, 0.15) is 42.4 Å². The fourth-order valence-electron chi connectivity index (χ4n) is 3.76. The van der Waals surface area contributed by atoms with E-state index in [1.165, 1.54) is 15.6 Å². The maximum Gasteiger partial charge on any atom is 0.168 e. The van der Waals surface area contributed by atoms with Crippen LogP contribution in [-0.4, -0.2) is 20.4 Å². The van der Waals surface area contributed by atoms with Crippen LogP contribution in [0.2, 0.25) is 0 Å². The highest BCUT2D eigenvalue weighted by molar-refractivity contribution is 7.22. The van der Waals surface area contributed by atoms with Crippen molar-refractivity contribution >= 4 is 32.9 Å². The third-order valence-electron chi connectivity index (χ3n) is 5.50. The Bertz CT molecular complexity index is 1370. The van der Waals surface area contributed by atoms with Gasteiger partial charge in [0.2, 0.25) is 0 Å². The molecule has 0 N–H and O–H groups in total. The van der Waals surface area contributed by atoms with E-state index in [4.69, 9.17) is 0 Å². The summed E-state index contributed by atoms with van der Waals surface area (Å²) >= 11 is 1.72. The van der Waals surface area contributed by atoms with Gasteiger partial charge in [0, 0.05) is 16.3 Å². The van der Waals surface area contributed by atoms with Gasteiger partial charge in [0.25, 0.3) is 0 Å². The lowest BCUT2D eigenvalue weighted by atomic mass is 9.86. The van der Waals surface area contributed by atoms with Crippen LogP contribution in [-0.2, 0) is 11.8 Å². The van der Waals surface area contributed by atoms with Gasteiger partial charge in [-0.2, -0.15) is 5.10 Å². The molecular formula is C26H23N3OS. The van der Waals surface area contributed by atoms with Crippen LogP contribution in [0.5, 0.6) is 0 Å². The fourth-order valence-corrected chi connectivity index (χ4v) is 4.83. The van der Waals surface area contributed by atoms with Crippen molar-refractivity contribution < 1.29 is 4.79 Å². The first-order valence-corrected chi connectivity index (χ1v) is 11.2. The molecule has 5 rings (SSSR count). The van der Waals surface area contributed by atoms with Crippen molar-refractivity contribution in [2.24, 2.45) is 0 Å². The second-order valence-corrected chi connectivity index (χ2v) is 9.89. The Morgan fingerprint density at radius 3 is 2.52 bits per heavy atom. The Kier molecular flexibility index (Phi) is 4.71. The van der Waals surface area contributed by atoms with Crippen molar-refractivity contribution in [3.05, 3.63) is 89.7 Å². The monoisotopic (exact) mass is 425 g/mol. The predicted octanol–water partition coefficient (Wildman–Crippen LogP) is 6.33. The predicted molar refractivity (Wildman–Crippen MR) is 127 cm³/mol. The Labute approximate surface area is 185 Å². The molecule has 0 atom stereocenters. The van der Waals surface area contributed by atoms with Crippen LogP contribution >= 0.6 is 11.3 Å². The summed E-state index contributed by atoms with van der Waals surface area (Å²) in [6.07, 6.45) is 2.00. The molecule has 0 bridgehead atoms. The second kappa shape index (κ2) is 7.43. The number of rotatable bonds is 4. The average Bonchev–Trinajstić information content (AvgIpc) is 3.39. The van der Waals surface area contributed by atoms with Gasteiger partial charge in [0.05, 0.1) is 28.9 Å². The molecule has 2 aromatic carbocycles. The molecule has 5 heteroatoms. The van der Waals surface area contributed by atoms with Gasteiger partial charge in [-0.3, -0.25) is 4.79 Å². The second-order valence-electron chi connectivity index (χ2n) is 8.81. The summed E-state index contributed by atoms with van der Waals surface area (Å²) in [6, 6.07) is 22.3. The Morgan fingerprint density at radius 1 is 1.00 bits per heavy atom. The normalized spacial score (nSPS) is 12.0. The molecular weight excluding hydrogens is 402 g/mol. The molecule has 154 valence electrons. The Morgan fingerprint density at radius 2 is 1.77 bits per heavy atom. The zero-order valence-corrected chi connectivity index (χ0v) is 18.6. The number of ketones is 1. The van der Waals surface area contributed by atoms with E-state index >= 15 is 0 Å². The molecule has 0 radical (unpaired) electrons. The molecule has 0 unspecified atom stereocenters. The van der Waals surface area contributed by atoms with Gasteiger partial charge < -0.3 is 0 Å². The lowest BCUT2D eigenvalue weighted by Gasteiger charge is -2.19. The molecule has 3 heterocycles. The van der Waals surface area contributed by atoms with E-state index in [0.717, 1.165) is 21.9 Å². The summed E-state index contributed by atoms with van der Waals surface area (Å²) in [7, 11) is 0. The van der Waals surface area contributed by atoms with E-state index in [2.05, 4.69) is 49.1 Å². The summed E-state index contributed by atoms with van der Waals surface area (Å²) < 4.78 is 3.07. The molecule has 5 aromatic rings. The molecule has 0 amide bonds. The number of fused-ring (bicyclic) bond motifs is 2. The molecule has 0 saturated heterocycles. The SMILES string of the molecule is CC(C)(C)c1ccc(C(=O)Cc2cc(-c3cc4ccccc4s3)n3nccc3n2)cc1. The van der Waals surface area contributed by atoms with Crippen LogP contribution in [0, 0.1) is 0 Å². The maximum absolute atomic E-state index is 13.0. The Balaban J connectivity index is 1.50. The third-order valence-corrected chi connectivity index (χ3v) is 6.64. The van der Waals surface area contributed by atoms with E-state index in [0.29, 0.717) is 5.56 Å². The van der Waals surface area contributed by atoms with Crippen molar-refractivity contribution in [3.63, 3.8) is 0 Å². The zero-order valence-electron chi connectivity index (χ0n) is 17.8. The van der Waals surface area contributed by atoms with Crippen molar-refractivity contribution in [2.45, 2.75) is 32.6 Å². The number of Topliss-reactive ketones (excluding diaryl/α,β-unsaturated/α-hetero) is 1. The van der Waals surface area contributed by atoms with Gasteiger partial charge in [-0.1, -0.05) is 63.2 Å². The van der Waals surface area contributed by atoms with Gasteiger partial charge >= 0.3 is 0 Å². The van der Waals surface area contributed by atoms with E-state index in [1.807, 2.05) is 53.0 Å². The lowest BCUT2D eigenvalue weighted by Crippen LogP contribution is -2.12. The lowest BCUT2D eigenvalue weighted by molar-refractivity contribution is 0.0992. The summed E-state index contributed by atoms with van der Waals surface area (Å²) in [6.45, 7) is 6.51. The molecule has 0 aliphatic heterocycles. The van der Waals surface area contributed by atoms with Gasteiger partial charge in [0.1, 0.15) is 0 Å². The van der Waals surface area contributed by atoms with Gasteiger partial charge in [-0.15, -0.1) is 11.3 Å². The summed E-state index contributed by atoms with van der Waals surface area (Å²) in [5.41, 5.74) is 4.46. The molecule has 31 heavy (non-hydrogen) atoms. The van der Waals surface area contributed by atoms with Crippen LogP contribution in [0.15, 0.2) is 72.9 Å². The number of carbonyl (C=O) groups is 1. The van der Waals surface area contributed by atoms with E-state index in [-0.39, 0.29) is 17.6 Å². The topological polar surface area (TPSA) is 47.3 Å². The summed E-state index contributed by atoms with van der Waals surface area (Å²) in [4.78, 5) is 18.8. The highest BCUT2D eigenvalue weighted by Gasteiger charge is 2.17. The van der Waals surface area contributed by atoms with Crippen LogP contribution in [0.3, 0.4) is 0 Å². The number of aromatic nitrogens is 3. The maximum atomic E-state index is 13.0. The van der Waals surface area contributed by atoms with E-state index in [9.17, 15) is 4.79 Å². The molecule has 3 aromatic heterocycles. The number of carbonyl (C=O) groups excluding carboxylic acids is 1. The van der Waals surface area contributed by atoms with Crippen LogP contribution in [0.25, 0.3) is 26.3 Å².